The van der Waals surface area contributed by atoms with E-state index in [1.165, 1.54) is 17.2 Å². The molecule has 0 aliphatic carbocycles. The number of rotatable bonds is 2. The molecule has 19 heavy (non-hydrogen) atoms. The van der Waals surface area contributed by atoms with Gasteiger partial charge in [0.1, 0.15) is 11.7 Å². The van der Waals surface area contributed by atoms with Crippen LogP contribution in [0.1, 0.15) is 0 Å². The van der Waals surface area contributed by atoms with Gasteiger partial charge in [-0.05, 0) is 24.3 Å². The molecule has 3 rings (SSSR count). The van der Waals surface area contributed by atoms with E-state index in [9.17, 15) is 4.79 Å². The molecule has 0 saturated heterocycles. The van der Waals surface area contributed by atoms with Crippen molar-refractivity contribution in [2.45, 2.75) is 0 Å². The molecule has 0 saturated carbocycles. The van der Waals surface area contributed by atoms with E-state index < -0.39 is 0 Å². The van der Waals surface area contributed by atoms with E-state index in [1.807, 2.05) is 24.3 Å². The molecule has 0 atom stereocenters. The normalized spacial score (nSPS) is 10.8. The molecule has 0 fully saturated rings. The van der Waals surface area contributed by atoms with Gasteiger partial charge in [0.25, 0.3) is 5.56 Å². The van der Waals surface area contributed by atoms with Gasteiger partial charge < -0.3 is 0 Å². The topological polar surface area (TPSA) is 64.7 Å². The Morgan fingerprint density at radius 2 is 2.00 bits per heavy atom. The van der Waals surface area contributed by atoms with E-state index in [2.05, 4.69) is 31.4 Å². The predicted molar refractivity (Wildman–Crippen MR) is 75.9 cm³/mol. The van der Waals surface area contributed by atoms with E-state index in [4.69, 9.17) is 0 Å². The van der Waals surface area contributed by atoms with Crippen LogP contribution in [0.2, 0.25) is 0 Å². The van der Waals surface area contributed by atoms with Crippen molar-refractivity contribution in [3.8, 4) is 0 Å². The number of nitrogens with zero attached hydrogens (tertiary/aromatic N) is 4. The van der Waals surface area contributed by atoms with Crippen LogP contribution < -0.4 is 11.0 Å². The van der Waals surface area contributed by atoms with Crippen LogP contribution in [-0.2, 0) is 7.05 Å². The van der Waals surface area contributed by atoms with Crippen LogP contribution in [0, 0.1) is 0 Å². The Hall–Kier alpha value is -2.15. The lowest BCUT2D eigenvalue weighted by Gasteiger charge is -2.08. The molecule has 2 heterocycles. The van der Waals surface area contributed by atoms with E-state index in [-0.39, 0.29) is 5.56 Å². The number of fused-ring (bicyclic) bond motifs is 1. The summed E-state index contributed by atoms with van der Waals surface area (Å²) in [6.45, 7) is 0. The Labute approximate surface area is 116 Å². The minimum atomic E-state index is -0.180. The highest BCUT2D eigenvalue weighted by Crippen LogP contribution is 2.14. The number of benzene rings is 1. The third kappa shape index (κ3) is 2.12. The van der Waals surface area contributed by atoms with Crippen molar-refractivity contribution in [1.29, 1.82) is 0 Å². The lowest BCUT2D eigenvalue weighted by atomic mass is 10.3. The molecule has 3 aromatic rings. The van der Waals surface area contributed by atoms with Crippen molar-refractivity contribution < 1.29 is 0 Å². The van der Waals surface area contributed by atoms with Crippen LogP contribution in [-0.4, -0.2) is 19.4 Å². The first-order chi connectivity index (χ1) is 9.15. The molecule has 0 spiro atoms. The van der Waals surface area contributed by atoms with Gasteiger partial charge in [-0.15, -0.1) is 0 Å². The van der Waals surface area contributed by atoms with Crippen LogP contribution >= 0.6 is 15.9 Å². The average Bonchev–Trinajstić information content (AvgIpc) is 2.78. The van der Waals surface area contributed by atoms with Crippen LogP contribution in [0.25, 0.3) is 11.0 Å². The number of aryl methyl sites for hydroxylation is 1. The van der Waals surface area contributed by atoms with Gasteiger partial charge in [0, 0.05) is 11.5 Å². The van der Waals surface area contributed by atoms with Crippen LogP contribution in [0.3, 0.4) is 0 Å². The number of halogens is 1. The molecule has 0 aliphatic heterocycles. The first-order valence-electron chi connectivity index (χ1n) is 5.57. The maximum Gasteiger partial charge on any atom is 0.283 e. The number of aromatic nitrogens is 4. The Morgan fingerprint density at radius 1 is 1.26 bits per heavy atom. The van der Waals surface area contributed by atoms with Gasteiger partial charge in [-0.2, -0.15) is 5.10 Å². The number of hydrogen-bond acceptors (Lipinski definition) is 4. The van der Waals surface area contributed by atoms with E-state index in [0.29, 0.717) is 11.0 Å². The van der Waals surface area contributed by atoms with Crippen molar-refractivity contribution in [3.05, 3.63) is 51.6 Å². The molecule has 0 aliphatic rings. The van der Waals surface area contributed by atoms with Gasteiger partial charge in [-0.1, -0.05) is 15.9 Å². The largest absolute Gasteiger partial charge is 0.290 e. The summed E-state index contributed by atoms with van der Waals surface area (Å²) in [5.41, 5.74) is 4.17. The lowest BCUT2D eigenvalue weighted by Crippen LogP contribution is -2.26. The van der Waals surface area contributed by atoms with E-state index in [0.717, 1.165) is 10.2 Å². The molecule has 1 aromatic carbocycles. The molecule has 0 radical (unpaired) electrons. The summed E-state index contributed by atoms with van der Waals surface area (Å²) in [6, 6.07) is 7.51. The zero-order valence-corrected chi connectivity index (χ0v) is 11.6. The Bertz CT molecular complexity index is 790. The molecule has 1 N–H and O–H groups in total. The summed E-state index contributed by atoms with van der Waals surface area (Å²) in [7, 11) is 1.75. The van der Waals surface area contributed by atoms with Crippen LogP contribution in [0.15, 0.2) is 46.1 Å². The fourth-order valence-electron chi connectivity index (χ4n) is 1.77. The predicted octanol–water partition coefficient (Wildman–Crippen LogP) is 1.77. The average molecular weight is 320 g/mol. The third-order valence-electron chi connectivity index (χ3n) is 2.75. The summed E-state index contributed by atoms with van der Waals surface area (Å²) in [5, 5.41) is 4.50. The number of hydrogen-bond donors (Lipinski definition) is 1. The zero-order valence-electron chi connectivity index (χ0n) is 10.0. The monoisotopic (exact) mass is 319 g/mol. The quantitative estimate of drug-likeness (QED) is 0.781. The van der Waals surface area contributed by atoms with Gasteiger partial charge in [0.15, 0.2) is 5.65 Å². The zero-order chi connectivity index (χ0) is 13.4. The van der Waals surface area contributed by atoms with E-state index in [1.54, 1.807) is 11.7 Å². The first kappa shape index (κ1) is 11.9. The molecule has 2 aromatic heterocycles. The molecule has 0 unspecified atom stereocenters. The van der Waals surface area contributed by atoms with Crippen molar-refractivity contribution in [2.75, 3.05) is 5.43 Å². The Morgan fingerprint density at radius 3 is 2.74 bits per heavy atom. The summed E-state index contributed by atoms with van der Waals surface area (Å²) < 4.78 is 3.89. The van der Waals surface area contributed by atoms with Gasteiger partial charge in [-0.3, -0.25) is 14.9 Å². The Kier molecular flexibility index (Phi) is 2.83. The summed E-state index contributed by atoms with van der Waals surface area (Å²) in [4.78, 5) is 16.4. The third-order valence-corrected chi connectivity index (χ3v) is 3.27. The van der Waals surface area contributed by atoms with Crippen molar-refractivity contribution >= 4 is 32.7 Å². The lowest BCUT2D eigenvalue weighted by molar-refractivity contribution is 0.779. The van der Waals surface area contributed by atoms with Crippen molar-refractivity contribution in [3.63, 3.8) is 0 Å². The van der Waals surface area contributed by atoms with Gasteiger partial charge in [0.05, 0.1) is 11.9 Å². The second kappa shape index (κ2) is 4.51. The molecule has 6 nitrogen and oxygen atoms in total. The fourth-order valence-corrected chi connectivity index (χ4v) is 2.04. The molecular weight excluding hydrogens is 310 g/mol. The van der Waals surface area contributed by atoms with Gasteiger partial charge in [0.2, 0.25) is 0 Å². The first-order valence-corrected chi connectivity index (χ1v) is 6.36. The maximum atomic E-state index is 12.2. The van der Waals surface area contributed by atoms with Crippen LogP contribution in [0.4, 0.5) is 5.69 Å². The molecular formula is C12H10BrN5O. The van der Waals surface area contributed by atoms with Crippen LogP contribution in [0.5, 0.6) is 0 Å². The second-order valence-electron chi connectivity index (χ2n) is 4.04. The number of anilines is 1. The summed E-state index contributed by atoms with van der Waals surface area (Å²) in [5.74, 6) is 0. The standard InChI is InChI=1S/C12H10BrN5O/c1-17-11-10(6-15-17)12(19)18(7-14-11)16-9-4-2-8(13)3-5-9/h2-7,16H,1H3. The smallest absolute Gasteiger partial charge is 0.283 e. The van der Waals surface area contributed by atoms with Gasteiger partial charge >= 0.3 is 0 Å². The number of nitrogens with one attached hydrogen (secondary N) is 1. The highest BCUT2D eigenvalue weighted by Gasteiger charge is 2.07. The maximum absolute atomic E-state index is 12.2. The highest BCUT2D eigenvalue weighted by molar-refractivity contribution is 9.10. The SMILES string of the molecule is Cn1ncc2c(=O)n(Nc3ccc(Br)cc3)cnc21. The molecule has 0 amide bonds. The summed E-state index contributed by atoms with van der Waals surface area (Å²) in [6.07, 6.45) is 2.97. The highest BCUT2D eigenvalue weighted by atomic mass is 79.9. The van der Waals surface area contributed by atoms with Crippen molar-refractivity contribution in [2.24, 2.45) is 7.05 Å². The Balaban J connectivity index is 2.04. The minimum Gasteiger partial charge on any atom is -0.290 e. The summed E-state index contributed by atoms with van der Waals surface area (Å²) >= 11 is 3.36. The van der Waals surface area contributed by atoms with Gasteiger partial charge in [-0.25, -0.2) is 9.66 Å². The molecule has 0 bridgehead atoms. The second-order valence-corrected chi connectivity index (χ2v) is 4.96. The fraction of sp³-hybridized carbons (Fsp3) is 0.0833. The molecule has 7 heteroatoms. The van der Waals surface area contributed by atoms with Crippen molar-refractivity contribution in [1.82, 2.24) is 19.4 Å². The van der Waals surface area contributed by atoms with E-state index >= 15 is 0 Å². The minimum absolute atomic E-state index is 0.180. The molecule has 96 valence electrons.